The molecule has 2 heterocycles. The predicted molar refractivity (Wildman–Crippen MR) is 70.4 cm³/mol. The second kappa shape index (κ2) is 4.61. The molecule has 3 rings (SSSR count). The Morgan fingerprint density at radius 1 is 1.30 bits per heavy atom. The second-order valence-electron chi connectivity index (χ2n) is 4.09. The van der Waals surface area contributed by atoms with Crippen molar-refractivity contribution in [2.45, 2.75) is 0 Å². The number of aromatic amines is 1. The van der Waals surface area contributed by atoms with Crippen molar-refractivity contribution in [1.82, 2.24) is 19.8 Å². The molecule has 1 aromatic carbocycles. The number of esters is 1. The van der Waals surface area contributed by atoms with Crippen LogP contribution in [0.4, 0.5) is 0 Å². The van der Waals surface area contributed by atoms with Gasteiger partial charge in [-0.25, -0.2) is 9.31 Å². The summed E-state index contributed by atoms with van der Waals surface area (Å²) < 4.78 is 5.84. The number of nitrogens with zero attached hydrogens (tertiary/aromatic N) is 3. The van der Waals surface area contributed by atoms with Gasteiger partial charge in [0.25, 0.3) is 5.56 Å². The maximum atomic E-state index is 12.1. The SMILES string of the molecule is COC(=O)c1nnn2cc(-c3ccccc3)[nH]c(=O)c12. The fourth-order valence-corrected chi connectivity index (χ4v) is 1.93. The van der Waals surface area contributed by atoms with E-state index in [9.17, 15) is 9.59 Å². The number of fused-ring (bicyclic) bond motifs is 1. The number of H-pyrrole nitrogens is 1. The van der Waals surface area contributed by atoms with Crippen LogP contribution in [0, 0.1) is 0 Å². The average molecular weight is 270 g/mol. The zero-order valence-electron chi connectivity index (χ0n) is 10.5. The van der Waals surface area contributed by atoms with Gasteiger partial charge in [-0.2, -0.15) is 0 Å². The highest BCUT2D eigenvalue weighted by molar-refractivity contribution is 5.94. The molecule has 0 saturated heterocycles. The van der Waals surface area contributed by atoms with Gasteiger partial charge in [-0.3, -0.25) is 4.79 Å². The van der Waals surface area contributed by atoms with E-state index in [1.165, 1.54) is 11.6 Å². The van der Waals surface area contributed by atoms with Crippen molar-refractivity contribution in [1.29, 1.82) is 0 Å². The first kappa shape index (κ1) is 12.1. The van der Waals surface area contributed by atoms with Gasteiger partial charge in [0.1, 0.15) is 0 Å². The molecular formula is C13H10N4O3. The predicted octanol–water partition coefficient (Wildman–Crippen LogP) is 0.871. The van der Waals surface area contributed by atoms with Crippen molar-refractivity contribution in [2.24, 2.45) is 0 Å². The van der Waals surface area contributed by atoms with E-state index < -0.39 is 11.5 Å². The molecule has 0 fully saturated rings. The van der Waals surface area contributed by atoms with Crippen LogP contribution in [-0.2, 0) is 4.74 Å². The van der Waals surface area contributed by atoms with Crippen LogP contribution in [0.25, 0.3) is 16.8 Å². The van der Waals surface area contributed by atoms with Gasteiger partial charge >= 0.3 is 5.97 Å². The van der Waals surface area contributed by atoms with Crippen molar-refractivity contribution in [3.05, 3.63) is 52.6 Å². The van der Waals surface area contributed by atoms with Gasteiger partial charge in [0.15, 0.2) is 5.52 Å². The van der Waals surface area contributed by atoms with Crippen LogP contribution in [-0.4, -0.2) is 32.9 Å². The molecule has 0 radical (unpaired) electrons. The number of hydrogen-bond donors (Lipinski definition) is 1. The van der Waals surface area contributed by atoms with Crippen molar-refractivity contribution in [3.8, 4) is 11.3 Å². The first-order chi connectivity index (χ1) is 9.70. The number of ether oxygens (including phenoxy) is 1. The molecule has 0 unspecified atom stereocenters. The standard InChI is InChI=1S/C13H10N4O3/c1-20-13(19)10-11-12(18)14-9(7-17(11)16-15-10)8-5-3-2-4-6-8/h2-7H,1H3,(H,14,18). The lowest BCUT2D eigenvalue weighted by Gasteiger charge is -2.02. The quantitative estimate of drug-likeness (QED) is 0.698. The molecule has 7 heteroatoms. The molecule has 0 spiro atoms. The summed E-state index contributed by atoms with van der Waals surface area (Å²) in [6.07, 6.45) is 1.60. The Labute approximate surface area is 112 Å². The molecule has 20 heavy (non-hydrogen) atoms. The number of rotatable bonds is 2. The first-order valence-electron chi connectivity index (χ1n) is 5.83. The van der Waals surface area contributed by atoms with Crippen LogP contribution in [0.15, 0.2) is 41.3 Å². The summed E-state index contributed by atoms with van der Waals surface area (Å²) in [5.74, 6) is -0.696. The molecule has 0 aliphatic carbocycles. The Bertz CT molecular complexity index is 836. The lowest BCUT2D eigenvalue weighted by Crippen LogP contribution is -2.14. The molecule has 7 nitrogen and oxygen atoms in total. The Morgan fingerprint density at radius 3 is 2.75 bits per heavy atom. The molecule has 0 aliphatic rings. The Morgan fingerprint density at radius 2 is 2.05 bits per heavy atom. The minimum Gasteiger partial charge on any atom is -0.464 e. The van der Waals surface area contributed by atoms with Crippen LogP contribution in [0.1, 0.15) is 10.5 Å². The summed E-state index contributed by atoms with van der Waals surface area (Å²) >= 11 is 0. The van der Waals surface area contributed by atoms with Gasteiger partial charge in [0, 0.05) is 0 Å². The van der Waals surface area contributed by atoms with Crippen LogP contribution >= 0.6 is 0 Å². The molecule has 0 atom stereocenters. The normalized spacial score (nSPS) is 10.7. The summed E-state index contributed by atoms with van der Waals surface area (Å²) in [5, 5.41) is 7.46. The number of hydrogen-bond acceptors (Lipinski definition) is 5. The van der Waals surface area contributed by atoms with Crippen LogP contribution in [0.3, 0.4) is 0 Å². The van der Waals surface area contributed by atoms with Gasteiger partial charge in [0.05, 0.1) is 19.0 Å². The minimum absolute atomic E-state index is 0.0662. The minimum atomic E-state index is -0.696. The van der Waals surface area contributed by atoms with E-state index in [2.05, 4.69) is 20.0 Å². The first-order valence-corrected chi connectivity index (χ1v) is 5.83. The lowest BCUT2D eigenvalue weighted by atomic mass is 10.2. The van der Waals surface area contributed by atoms with Crippen LogP contribution in [0.5, 0.6) is 0 Å². The zero-order chi connectivity index (χ0) is 14.1. The maximum Gasteiger partial charge on any atom is 0.361 e. The fraction of sp³-hybridized carbons (Fsp3) is 0.0769. The van der Waals surface area contributed by atoms with Gasteiger partial charge in [-0.05, 0) is 5.56 Å². The number of nitrogens with one attached hydrogen (secondary N) is 1. The molecule has 0 aliphatic heterocycles. The third kappa shape index (κ3) is 1.85. The maximum absolute atomic E-state index is 12.1. The molecule has 3 aromatic rings. The van der Waals surface area contributed by atoms with Crippen molar-refractivity contribution >= 4 is 11.5 Å². The third-order valence-electron chi connectivity index (χ3n) is 2.87. The molecular weight excluding hydrogens is 260 g/mol. The van der Waals surface area contributed by atoms with E-state index in [1.807, 2.05) is 30.3 Å². The smallest absolute Gasteiger partial charge is 0.361 e. The van der Waals surface area contributed by atoms with Gasteiger partial charge in [-0.15, -0.1) is 5.10 Å². The largest absolute Gasteiger partial charge is 0.464 e. The van der Waals surface area contributed by atoms with Crippen molar-refractivity contribution in [2.75, 3.05) is 7.11 Å². The van der Waals surface area contributed by atoms with Crippen molar-refractivity contribution in [3.63, 3.8) is 0 Å². The topological polar surface area (TPSA) is 89.3 Å². The van der Waals surface area contributed by atoms with Gasteiger partial charge < -0.3 is 9.72 Å². The highest BCUT2D eigenvalue weighted by atomic mass is 16.5. The highest BCUT2D eigenvalue weighted by Gasteiger charge is 2.19. The van der Waals surface area contributed by atoms with Crippen LogP contribution in [0.2, 0.25) is 0 Å². The van der Waals surface area contributed by atoms with Gasteiger partial charge in [0.2, 0.25) is 5.69 Å². The average Bonchev–Trinajstić information content (AvgIpc) is 2.92. The van der Waals surface area contributed by atoms with Gasteiger partial charge in [-0.1, -0.05) is 35.5 Å². The zero-order valence-corrected chi connectivity index (χ0v) is 10.5. The van der Waals surface area contributed by atoms with Crippen LogP contribution < -0.4 is 5.56 Å². The van der Waals surface area contributed by atoms with E-state index in [0.29, 0.717) is 5.69 Å². The second-order valence-corrected chi connectivity index (χ2v) is 4.09. The Kier molecular flexibility index (Phi) is 2.79. The summed E-state index contributed by atoms with van der Waals surface area (Å²) in [6.45, 7) is 0. The molecule has 1 N–H and O–H groups in total. The van der Waals surface area contributed by atoms with E-state index in [-0.39, 0.29) is 11.2 Å². The summed E-state index contributed by atoms with van der Waals surface area (Å²) in [6, 6.07) is 9.31. The Balaban J connectivity index is 2.23. The summed E-state index contributed by atoms with van der Waals surface area (Å²) in [7, 11) is 1.22. The molecule has 0 saturated carbocycles. The molecule has 2 aromatic heterocycles. The van der Waals surface area contributed by atoms with E-state index >= 15 is 0 Å². The number of carbonyl (C=O) groups is 1. The molecule has 0 bridgehead atoms. The Hall–Kier alpha value is -2.96. The van der Waals surface area contributed by atoms with E-state index in [4.69, 9.17) is 0 Å². The highest BCUT2D eigenvalue weighted by Crippen LogP contribution is 2.15. The third-order valence-corrected chi connectivity index (χ3v) is 2.87. The monoisotopic (exact) mass is 270 g/mol. The number of benzene rings is 1. The lowest BCUT2D eigenvalue weighted by molar-refractivity contribution is 0.0596. The van der Waals surface area contributed by atoms with E-state index in [1.54, 1.807) is 6.20 Å². The van der Waals surface area contributed by atoms with E-state index in [0.717, 1.165) is 5.56 Å². The van der Waals surface area contributed by atoms with Crippen molar-refractivity contribution < 1.29 is 9.53 Å². The number of aromatic nitrogens is 4. The summed E-state index contributed by atoms with van der Waals surface area (Å²) in [4.78, 5) is 26.3. The summed E-state index contributed by atoms with van der Waals surface area (Å²) in [5.41, 5.74) is 0.938. The number of carbonyl (C=O) groups excluding carboxylic acids is 1. The fourth-order valence-electron chi connectivity index (χ4n) is 1.93. The molecule has 0 amide bonds. The molecule has 100 valence electrons. The number of methoxy groups -OCH3 is 1.